The van der Waals surface area contributed by atoms with E-state index in [2.05, 4.69) is 20.6 Å². The van der Waals surface area contributed by atoms with Gasteiger partial charge in [-0.1, -0.05) is 18.2 Å². The maximum absolute atomic E-state index is 11.9. The minimum atomic E-state index is -1.20. The van der Waals surface area contributed by atoms with Gasteiger partial charge in [-0.3, -0.25) is 4.79 Å². The number of rotatable bonds is 7. The monoisotopic (exact) mass is 426 g/mol. The van der Waals surface area contributed by atoms with E-state index in [1.54, 1.807) is 18.2 Å². The van der Waals surface area contributed by atoms with Crippen molar-refractivity contribution in [2.45, 2.75) is 0 Å². The molecule has 158 valence electrons. The molecule has 32 heavy (non-hydrogen) atoms. The molecule has 1 aromatic heterocycles. The number of carboxylic acids is 1. The second-order valence-corrected chi connectivity index (χ2v) is 6.68. The lowest BCUT2D eigenvalue weighted by Gasteiger charge is -2.11. The summed E-state index contributed by atoms with van der Waals surface area (Å²) in [5, 5.41) is 15.2. The summed E-state index contributed by atoms with van der Waals surface area (Å²) in [4.78, 5) is 31.0. The van der Waals surface area contributed by atoms with Crippen molar-refractivity contribution in [3.63, 3.8) is 0 Å². The number of fused-ring (bicyclic) bond motifs is 1. The number of para-hydroxylation sites is 1. The van der Waals surface area contributed by atoms with Gasteiger partial charge in [0.1, 0.15) is 23.6 Å². The maximum Gasteiger partial charge on any atom is 0.328 e. The summed E-state index contributed by atoms with van der Waals surface area (Å²) in [5.41, 5.74) is 1.97. The summed E-state index contributed by atoms with van der Waals surface area (Å²) in [7, 11) is 0. The first-order valence-corrected chi connectivity index (χ1v) is 9.63. The second kappa shape index (κ2) is 9.40. The van der Waals surface area contributed by atoms with Crippen molar-refractivity contribution in [2.24, 2.45) is 0 Å². The molecule has 0 saturated heterocycles. The molecule has 0 unspecified atom stereocenters. The number of carbonyl (C=O) groups excluding carboxylic acids is 1. The number of hydrogen-bond donors (Lipinski definition) is 3. The van der Waals surface area contributed by atoms with Crippen LogP contribution < -0.4 is 15.4 Å². The number of carboxylic acid groups (broad SMARTS) is 1. The number of hydrogen-bond acceptors (Lipinski definition) is 6. The Morgan fingerprint density at radius 1 is 0.844 bits per heavy atom. The Morgan fingerprint density at radius 3 is 2.31 bits per heavy atom. The zero-order chi connectivity index (χ0) is 22.3. The Balaban J connectivity index is 1.52. The second-order valence-electron chi connectivity index (χ2n) is 6.68. The molecular weight excluding hydrogens is 408 g/mol. The van der Waals surface area contributed by atoms with E-state index in [0.717, 1.165) is 23.6 Å². The standard InChI is InChI=1S/C24H18N4O4/c29-22(12-13-23(30)31)27-17-8-11-21-20(14-17)24(26-15-25-21)28-16-6-9-19(10-7-16)32-18-4-2-1-3-5-18/h1-15H,(H,27,29)(H,30,31)(H,25,26,28)/b13-12+. The molecule has 0 spiro atoms. The lowest BCUT2D eigenvalue weighted by atomic mass is 10.2. The largest absolute Gasteiger partial charge is 0.478 e. The molecule has 0 bridgehead atoms. The Hall–Kier alpha value is -4.72. The van der Waals surface area contributed by atoms with Gasteiger partial charge in [-0.15, -0.1) is 0 Å². The van der Waals surface area contributed by atoms with Gasteiger partial charge in [0.05, 0.1) is 5.52 Å². The zero-order valence-electron chi connectivity index (χ0n) is 16.7. The molecule has 0 atom stereocenters. The number of aliphatic carboxylic acids is 1. The highest BCUT2D eigenvalue weighted by molar-refractivity contribution is 6.04. The Morgan fingerprint density at radius 2 is 1.56 bits per heavy atom. The van der Waals surface area contributed by atoms with Crippen molar-refractivity contribution in [3.05, 3.63) is 91.3 Å². The predicted octanol–water partition coefficient (Wildman–Crippen LogP) is 4.75. The highest BCUT2D eigenvalue weighted by atomic mass is 16.5. The first-order chi connectivity index (χ1) is 15.6. The summed E-state index contributed by atoms with van der Waals surface area (Å²) in [6, 6.07) is 22.1. The van der Waals surface area contributed by atoms with Crippen molar-refractivity contribution in [1.82, 2.24) is 9.97 Å². The fourth-order valence-electron chi connectivity index (χ4n) is 2.93. The number of ether oxygens (including phenoxy) is 1. The van der Waals surface area contributed by atoms with Gasteiger partial charge in [-0.05, 0) is 54.6 Å². The van der Waals surface area contributed by atoms with Crippen LogP contribution in [0.25, 0.3) is 10.9 Å². The van der Waals surface area contributed by atoms with Crippen LogP contribution in [0.3, 0.4) is 0 Å². The van der Waals surface area contributed by atoms with Gasteiger partial charge in [0.2, 0.25) is 5.91 Å². The third-order valence-electron chi connectivity index (χ3n) is 4.38. The third-order valence-corrected chi connectivity index (χ3v) is 4.38. The summed E-state index contributed by atoms with van der Waals surface area (Å²) < 4.78 is 5.81. The molecule has 8 nitrogen and oxygen atoms in total. The maximum atomic E-state index is 11.9. The fourth-order valence-corrected chi connectivity index (χ4v) is 2.93. The molecule has 0 aliphatic carbocycles. The van der Waals surface area contributed by atoms with Crippen LogP contribution >= 0.6 is 0 Å². The molecule has 0 aliphatic rings. The third kappa shape index (κ3) is 5.25. The number of amides is 1. The molecule has 3 N–H and O–H groups in total. The average molecular weight is 426 g/mol. The number of aromatic nitrogens is 2. The zero-order valence-corrected chi connectivity index (χ0v) is 16.7. The molecule has 0 aliphatic heterocycles. The summed E-state index contributed by atoms with van der Waals surface area (Å²) in [6.07, 6.45) is 3.18. The Bertz CT molecular complexity index is 1290. The van der Waals surface area contributed by atoms with Crippen molar-refractivity contribution in [3.8, 4) is 11.5 Å². The van der Waals surface area contributed by atoms with Crippen LogP contribution in [0.2, 0.25) is 0 Å². The molecule has 1 heterocycles. The number of carbonyl (C=O) groups is 2. The van der Waals surface area contributed by atoms with Crippen LogP contribution in [0.15, 0.2) is 91.3 Å². The van der Waals surface area contributed by atoms with E-state index in [-0.39, 0.29) is 0 Å². The van der Waals surface area contributed by atoms with E-state index in [4.69, 9.17) is 9.84 Å². The van der Waals surface area contributed by atoms with Gasteiger partial charge in [-0.25, -0.2) is 14.8 Å². The molecule has 8 heteroatoms. The average Bonchev–Trinajstić information content (AvgIpc) is 2.80. The van der Waals surface area contributed by atoms with Gasteiger partial charge >= 0.3 is 5.97 Å². The van der Waals surface area contributed by atoms with Crippen LogP contribution in [0.1, 0.15) is 0 Å². The highest BCUT2D eigenvalue weighted by Crippen LogP contribution is 2.28. The van der Waals surface area contributed by atoms with Crippen LogP contribution in [0.4, 0.5) is 17.2 Å². The number of benzene rings is 3. The molecule has 4 rings (SSSR count). The van der Waals surface area contributed by atoms with Gasteiger partial charge < -0.3 is 20.5 Å². The number of nitrogens with zero attached hydrogens (tertiary/aromatic N) is 2. The van der Waals surface area contributed by atoms with Gasteiger partial charge in [0.25, 0.3) is 0 Å². The summed E-state index contributed by atoms with van der Waals surface area (Å²) in [6.45, 7) is 0. The predicted molar refractivity (Wildman–Crippen MR) is 121 cm³/mol. The number of anilines is 3. The lowest BCUT2D eigenvalue weighted by Crippen LogP contribution is -2.08. The van der Waals surface area contributed by atoms with Crippen LogP contribution in [0.5, 0.6) is 11.5 Å². The smallest absolute Gasteiger partial charge is 0.328 e. The molecule has 0 saturated carbocycles. The van der Waals surface area contributed by atoms with Crippen molar-refractivity contribution in [1.29, 1.82) is 0 Å². The molecular formula is C24H18N4O4. The quantitative estimate of drug-likeness (QED) is 0.366. The molecule has 0 radical (unpaired) electrons. The van der Waals surface area contributed by atoms with Crippen LogP contribution in [-0.4, -0.2) is 27.0 Å². The first-order valence-electron chi connectivity index (χ1n) is 9.63. The molecule has 1 amide bonds. The summed E-state index contributed by atoms with van der Waals surface area (Å²) >= 11 is 0. The topological polar surface area (TPSA) is 113 Å². The van der Waals surface area contributed by atoms with Crippen LogP contribution in [0, 0.1) is 0 Å². The van der Waals surface area contributed by atoms with E-state index in [0.29, 0.717) is 28.2 Å². The van der Waals surface area contributed by atoms with Gasteiger partial charge in [-0.2, -0.15) is 0 Å². The minimum absolute atomic E-state index is 0.488. The highest BCUT2D eigenvalue weighted by Gasteiger charge is 2.07. The Kier molecular flexibility index (Phi) is 6.03. The van der Waals surface area contributed by atoms with E-state index >= 15 is 0 Å². The van der Waals surface area contributed by atoms with E-state index < -0.39 is 11.9 Å². The van der Waals surface area contributed by atoms with Crippen molar-refractivity contribution >= 4 is 40.0 Å². The van der Waals surface area contributed by atoms with Gasteiger partial charge in [0.15, 0.2) is 0 Å². The molecule has 4 aromatic rings. The van der Waals surface area contributed by atoms with Crippen molar-refractivity contribution < 1.29 is 19.4 Å². The summed E-state index contributed by atoms with van der Waals surface area (Å²) in [5.74, 6) is 0.270. The first kappa shape index (κ1) is 20.5. The van der Waals surface area contributed by atoms with E-state index in [1.165, 1.54) is 6.33 Å². The minimum Gasteiger partial charge on any atom is -0.478 e. The molecule has 3 aromatic carbocycles. The van der Waals surface area contributed by atoms with Crippen molar-refractivity contribution in [2.75, 3.05) is 10.6 Å². The van der Waals surface area contributed by atoms with E-state index in [9.17, 15) is 9.59 Å². The van der Waals surface area contributed by atoms with Crippen LogP contribution in [-0.2, 0) is 9.59 Å². The SMILES string of the molecule is O=C(O)/C=C/C(=O)Nc1ccc2ncnc(Nc3ccc(Oc4ccccc4)cc3)c2c1. The van der Waals surface area contributed by atoms with E-state index in [1.807, 2.05) is 54.6 Å². The normalized spacial score (nSPS) is 10.8. The number of nitrogens with one attached hydrogen (secondary N) is 2. The lowest BCUT2D eigenvalue weighted by molar-refractivity contribution is -0.131. The van der Waals surface area contributed by atoms with Gasteiger partial charge in [0, 0.05) is 28.9 Å². The molecule has 0 fully saturated rings. The Labute approximate surface area is 183 Å². The fraction of sp³-hybridized carbons (Fsp3) is 0.